The van der Waals surface area contributed by atoms with Gasteiger partial charge in [0.05, 0.1) is 6.10 Å². The minimum absolute atomic E-state index is 0.0687. The Labute approximate surface area is 113 Å². The summed E-state index contributed by atoms with van der Waals surface area (Å²) in [6.07, 6.45) is 5.34. The number of benzene rings is 1. The van der Waals surface area contributed by atoms with Gasteiger partial charge >= 0.3 is 0 Å². The fourth-order valence-corrected chi connectivity index (χ4v) is 3.97. The van der Waals surface area contributed by atoms with Crippen LogP contribution in [0.25, 0.3) is 0 Å². The molecule has 1 unspecified atom stereocenters. The molecule has 2 saturated carbocycles. The molecule has 0 amide bonds. The quantitative estimate of drug-likeness (QED) is 0.881. The maximum Gasteiger partial charge on any atom is 0.127 e. The third-order valence-electron chi connectivity index (χ3n) is 5.25. The lowest BCUT2D eigenvalue weighted by Gasteiger charge is -2.48. The van der Waals surface area contributed by atoms with E-state index in [1.54, 1.807) is 6.07 Å². The largest absolute Gasteiger partial charge is 0.392 e. The summed E-state index contributed by atoms with van der Waals surface area (Å²) in [7, 11) is 0. The lowest BCUT2D eigenvalue weighted by atomic mass is 9.58. The molecule has 2 aliphatic carbocycles. The van der Waals surface area contributed by atoms with Crippen LogP contribution in [0.15, 0.2) is 24.3 Å². The van der Waals surface area contributed by atoms with E-state index >= 15 is 0 Å². The molecule has 0 radical (unpaired) electrons. The summed E-state index contributed by atoms with van der Waals surface area (Å²) in [6.45, 7) is 0. The Hall–Kier alpha value is -0.930. The predicted octanol–water partition coefficient (Wildman–Crippen LogP) is 2.74. The van der Waals surface area contributed by atoms with Crippen LogP contribution in [0, 0.1) is 11.7 Å². The molecular weight excluding hydrogens is 241 g/mol. The van der Waals surface area contributed by atoms with Gasteiger partial charge in [-0.05, 0) is 37.3 Å². The van der Waals surface area contributed by atoms with Gasteiger partial charge in [-0.2, -0.15) is 0 Å². The van der Waals surface area contributed by atoms with Gasteiger partial charge in [0.1, 0.15) is 5.82 Å². The van der Waals surface area contributed by atoms with Crippen molar-refractivity contribution < 1.29 is 9.50 Å². The van der Waals surface area contributed by atoms with Crippen molar-refractivity contribution in [2.75, 3.05) is 0 Å². The van der Waals surface area contributed by atoms with Crippen molar-refractivity contribution in [2.45, 2.75) is 56.1 Å². The Kier molecular flexibility index (Phi) is 3.35. The number of hydrogen-bond acceptors (Lipinski definition) is 2. The van der Waals surface area contributed by atoms with Crippen LogP contribution in [0.3, 0.4) is 0 Å². The molecule has 104 valence electrons. The highest BCUT2D eigenvalue weighted by molar-refractivity contribution is 5.32. The highest BCUT2D eigenvalue weighted by Gasteiger charge is 2.50. The normalized spacial score (nSPS) is 30.9. The summed E-state index contributed by atoms with van der Waals surface area (Å²) < 4.78 is 14.1. The fourth-order valence-electron chi connectivity index (χ4n) is 3.97. The number of nitrogens with two attached hydrogens (primary N) is 1. The van der Waals surface area contributed by atoms with Gasteiger partial charge in [-0.1, -0.05) is 31.0 Å². The summed E-state index contributed by atoms with van der Waals surface area (Å²) >= 11 is 0. The molecule has 0 heterocycles. The highest BCUT2D eigenvalue weighted by Crippen LogP contribution is 2.51. The van der Waals surface area contributed by atoms with Crippen LogP contribution in [-0.2, 0) is 5.41 Å². The van der Waals surface area contributed by atoms with Crippen LogP contribution in [0.1, 0.15) is 44.1 Å². The minimum Gasteiger partial charge on any atom is -0.392 e. The third-order valence-corrected chi connectivity index (χ3v) is 5.25. The highest BCUT2D eigenvalue weighted by atomic mass is 19.1. The van der Waals surface area contributed by atoms with Gasteiger partial charge in [0.2, 0.25) is 0 Å². The van der Waals surface area contributed by atoms with Gasteiger partial charge in [-0.25, -0.2) is 4.39 Å². The summed E-state index contributed by atoms with van der Waals surface area (Å²) in [6, 6.07) is 6.97. The summed E-state index contributed by atoms with van der Waals surface area (Å²) in [5.74, 6) is -0.0623. The van der Waals surface area contributed by atoms with Crippen molar-refractivity contribution >= 4 is 0 Å². The number of aliphatic hydroxyl groups excluding tert-OH is 1. The second kappa shape index (κ2) is 4.88. The van der Waals surface area contributed by atoms with Gasteiger partial charge in [0.25, 0.3) is 0 Å². The minimum atomic E-state index is -0.504. The molecule has 2 aliphatic rings. The van der Waals surface area contributed by atoms with Crippen LogP contribution in [0.5, 0.6) is 0 Å². The van der Waals surface area contributed by atoms with Gasteiger partial charge in [0, 0.05) is 17.4 Å². The molecule has 3 N–H and O–H groups in total. The second-order valence-corrected chi connectivity index (χ2v) is 6.19. The first-order chi connectivity index (χ1) is 9.15. The first-order valence-corrected chi connectivity index (χ1v) is 7.34. The molecule has 0 spiro atoms. The van der Waals surface area contributed by atoms with Crippen molar-refractivity contribution in [3.8, 4) is 0 Å². The third kappa shape index (κ3) is 2.00. The van der Waals surface area contributed by atoms with Gasteiger partial charge in [-0.3, -0.25) is 0 Å². The van der Waals surface area contributed by atoms with Crippen molar-refractivity contribution in [3.63, 3.8) is 0 Å². The predicted molar refractivity (Wildman–Crippen MR) is 73.3 cm³/mol. The van der Waals surface area contributed by atoms with E-state index in [2.05, 4.69) is 0 Å². The van der Waals surface area contributed by atoms with E-state index in [-0.39, 0.29) is 17.8 Å². The molecule has 3 heteroatoms. The first kappa shape index (κ1) is 13.1. The number of hydrogen-bond donors (Lipinski definition) is 2. The molecule has 1 aromatic carbocycles. The molecule has 0 bridgehead atoms. The van der Waals surface area contributed by atoms with Crippen LogP contribution in [0.2, 0.25) is 0 Å². The zero-order valence-electron chi connectivity index (χ0n) is 11.2. The van der Waals surface area contributed by atoms with Crippen molar-refractivity contribution in [1.29, 1.82) is 0 Å². The van der Waals surface area contributed by atoms with Crippen LogP contribution >= 0.6 is 0 Å². The zero-order valence-corrected chi connectivity index (χ0v) is 11.2. The molecule has 19 heavy (non-hydrogen) atoms. The van der Waals surface area contributed by atoms with Crippen molar-refractivity contribution in [1.82, 2.24) is 0 Å². The fraction of sp³-hybridized carbons (Fsp3) is 0.625. The molecule has 2 nitrogen and oxygen atoms in total. The maximum absolute atomic E-state index is 14.1. The van der Waals surface area contributed by atoms with E-state index in [0.717, 1.165) is 38.5 Å². The molecule has 0 aromatic heterocycles. The Morgan fingerprint density at radius 2 is 1.95 bits per heavy atom. The van der Waals surface area contributed by atoms with Gasteiger partial charge in [0.15, 0.2) is 0 Å². The van der Waals surface area contributed by atoms with E-state index in [4.69, 9.17) is 5.73 Å². The molecule has 0 aliphatic heterocycles. The lowest BCUT2D eigenvalue weighted by Crippen LogP contribution is -2.52. The SMILES string of the molecule is N[C@H]1CCC[C@H]1C(O)C1(c2ccccc2F)CCC1. The second-order valence-electron chi connectivity index (χ2n) is 6.19. The molecule has 2 fully saturated rings. The Balaban J connectivity index is 1.93. The summed E-state index contributed by atoms with van der Waals surface area (Å²) in [5.41, 5.74) is 6.41. The molecule has 3 atom stereocenters. The van der Waals surface area contributed by atoms with E-state index < -0.39 is 11.5 Å². The zero-order chi connectivity index (χ0) is 13.5. The Morgan fingerprint density at radius 3 is 2.47 bits per heavy atom. The number of rotatable bonds is 3. The molecule has 1 aromatic rings. The molecular formula is C16H22FNO. The van der Waals surface area contributed by atoms with Crippen molar-refractivity contribution in [3.05, 3.63) is 35.6 Å². The monoisotopic (exact) mass is 263 g/mol. The smallest absolute Gasteiger partial charge is 0.127 e. The van der Waals surface area contributed by atoms with Gasteiger partial charge < -0.3 is 10.8 Å². The van der Waals surface area contributed by atoms with E-state index in [1.165, 1.54) is 6.07 Å². The van der Waals surface area contributed by atoms with E-state index in [1.807, 2.05) is 12.1 Å². The molecule has 0 saturated heterocycles. The van der Waals surface area contributed by atoms with E-state index in [0.29, 0.717) is 5.56 Å². The van der Waals surface area contributed by atoms with Crippen molar-refractivity contribution in [2.24, 2.45) is 11.7 Å². The average Bonchev–Trinajstić information content (AvgIpc) is 2.76. The van der Waals surface area contributed by atoms with Crippen LogP contribution in [0.4, 0.5) is 4.39 Å². The summed E-state index contributed by atoms with van der Waals surface area (Å²) in [5, 5.41) is 10.8. The summed E-state index contributed by atoms with van der Waals surface area (Å²) in [4.78, 5) is 0. The van der Waals surface area contributed by atoms with Crippen LogP contribution in [-0.4, -0.2) is 17.3 Å². The first-order valence-electron chi connectivity index (χ1n) is 7.34. The van der Waals surface area contributed by atoms with Crippen LogP contribution < -0.4 is 5.73 Å². The lowest BCUT2D eigenvalue weighted by molar-refractivity contribution is -0.0183. The van der Waals surface area contributed by atoms with E-state index in [9.17, 15) is 9.50 Å². The standard InChI is InChI=1S/C16H22FNO/c17-13-7-2-1-6-12(13)16(9-4-10-16)15(19)11-5-3-8-14(11)18/h1-2,6-7,11,14-15,19H,3-5,8-10,18H2/t11-,14+,15?/m1/s1. The number of halogens is 1. The maximum atomic E-state index is 14.1. The Morgan fingerprint density at radius 1 is 1.21 bits per heavy atom. The topological polar surface area (TPSA) is 46.2 Å². The van der Waals surface area contributed by atoms with Gasteiger partial charge in [-0.15, -0.1) is 0 Å². The Bertz CT molecular complexity index is 458. The molecule has 3 rings (SSSR count). The number of aliphatic hydroxyl groups is 1. The average molecular weight is 263 g/mol.